The van der Waals surface area contributed by atoms with Crippen molar-refractivity contribution in [3.63, 3.8) is 0 Å². The molecule has 0 aliphatic rings. The van der Waals surface area contributed by atoms with Crippen molar-refractivity contribution in [2.24, 2.45) is 0 Å². The number of hydrogen-bond acceptors (Lipinski definition) is 7. The molecule has 7 nitrogen and oxygen atoms in total. The maximum Gasteiger partial charge on any atom is 0.234 e. The van der Waals surface area contributed by atoms with Crippen LogP contribution >= 0.6 is 15.9 Å². The van der Waals surface area contributed by atoms with Crippen LogP contribution in [0.3, 0.4) is 0 Å². The van der Waals surface area contributed by atoms with E-state index in [9.17, 15) is 8.42 Å². The van der Waals surface area contributed by atoms with Gasteiger partial charge in [-0.3, -0.25) is 4.98 Å². The van der Waals surface area contributed by atoms with Gasteiger partial charge >= 0.3 is 0 Å². The second-order valence-corrected chi connectivity index (χ2v) is 9.56. The molecule has 0 bridgehead atoms. The standard InChI is InChI=1S/C23H20BrN3O4S/c1-2-30-19-9-5-17(6-10-19)21-27-23(32(28,29)20-11-7-18(24)8-12-20)22(31-21)26-15-16-4-3-13-25-14-16/h3-14,26H,2,15H2,1H3. The number of hydrogen-bond donors (Lipinski definition) is 1. The first kappa shape index (κ1) is 22.0. The van der Waals surface area contributed by atoms with Gasteiger partial charge in [-0.05, 0) is 67.1 Å². The van der Waals surface area contributed by atoms with Gasteiger partial charge in [-0.25, -0.2) is 8.42 Å². The zero-order chi connectivity index (χ0) is 22.6. The van der Waals surface area contributed by atoms with Crippen molar-refractivity contribution in [2.75, 3.05) is 11.9 Å². The highest BCUT2D eigenvalue weighted by Crippen LogP contribution is 2.33. The molecule has 164 valence electrons. The molecule has 2 aromatic heterocycles. The van der Waals surface area contributed by atoms with Crippen molar-refractivity contribution in [3.05, 3.63) is 83.1 Å². The third kappa shape index (κ3) is 4.84. The Labute approximate surface area is 194 Å². The SMILES string of the molecule is CCOc1ccc(-c2nc(S(=O)(=O)c3ccc(Br)cc3)c(NCc3cccnc3)o2)cc1. The normalized spacial score (nSPS) is 11.3. The molecule has 0 aliphatic carbocycles. The van der Waals surface area contributed by atoms with Crippen LogP contribution in [0.15, 0.2) is 91.9 Å². The zero-order valence-electron chi connectivity index (χ0n) is 17.2. The average molecular weight is 514 g/mol. The fourth-order valence-electron chi connectivity index (χ4n) is 2.99. The van der Waals surface area contributed by atoms with Crippen LogP contribution in [-0.4, -0.2) is 25.0 Å². The highest BCUT2D eigenvalue weighted by atomic mass is 79.9. The molecular weight excluding hydrogens is 494 g/mol. The van der Waals surface area contributed by atoms with Gasteiger partial charge in [0.2, 0.25) is 26.6 Å². The summed E-state index contributed by atoms with van der Waals surface area (Å²) in [5, 5.41) is 2.88. The van der Waals surface area contributed by atoms with Crippen LogP contribution in [0.1, 0.15) is 12.5 Å². The monoisotopic (exact) mass is 513 g/mol. The molecule has 0 aliphatic heterocycles. The number of benzene rings is 2. The van der Waals surface area contributed by atoms with Gasteiger partial charge in [-0.1, -0.05) is 22.0 Å². The molecule has 0 radical (unpaired) electrons. The van der Waals surface area contributed by atoms with E-state index >= 15 is 0 Å². The summed E-state index contributed by atoms with van der Waals surface area (Å²) in [6.07, 6.45) is 3.37. The Bertz CT molecular complexity index is 1290. The number of nitrogens with zero attached hydrogens (tertiary/aromatic N) is 2. The van der Waals surface area contributed by atoms with Gasteiger partial charge < -0.3 is 14.5 Å². The summed E-state index contributed by atoms with van der Waals surface area (Å²) in [5.74, 6) is 0.971. The van der Waals surface area contributed by atoms with Crippen LogP contribution in [0.25, 0.3) is 11.5 Å². The molecule has 0 fully saturated rings. The Hall–Kier alpha value is -3.17. The predicted octanol–water partition coefficient (Wildman–Crippen LogP) is 5.34. The molecule has 32 heavy (non-hydrogen) atoms. The van der Waals surface area contributed by atoms with E-state index in [1.54, 1.807) is 48.8 Å². The topological polar surface area (TPSA) is 94.3 Å². The smallest absolute Gasteiger partial charge is 0.234 e. The highest BCUT2D eigenvalue weighted by molar-refractivity contribution is 9.10. The lowest BCUT2D eigenvalue weighted by molar-refractivity contribution is 0.340. The lowest BCUT2D eigenvalue weighted by Gasteiger charge is -2.06. The summed E-state index contributed by atoms with van der Waals surface area (Å²) >= 11 is 3.33. The van der Waals surface area contributed by atoms with Crippen molar-refractivity contribution < 1.29 is 17.6 Å². The van der Waals surface area contributed by atoms with E-state index in [2.05, 4.69) is 31.2 Å². The summed E-state index contributed by atoms with van der Waals surface area (Å²) in [6.45, 7) is 2.78. The van der Waals surface area contributed by atoms with E-state index in [-0.39, 0.29) is 21.7 Å². The Kier molecular flexibility index (Phi) is 6.57. The van der Waals surface area contributed by atoms with Gasteiger partial charge in [0.1, 0.15) is 5.75 Å². The van der Waals surface area contributed by atoms with Crippen molar-refractivity contribution in [1.82, 2.24) is 9.97 Å². The van der Waals surface area contributed by atoms with E-state index < -0.39 is 9.84 Å². The lowest BCUT2D eigenvalue weighted by atomic mass is 10.2. The minimum absolute atomic E-state index is 0.0701. The van der Waals surface area contributed by atoms with Crippen LogP contribution < -0.4 is 10.1 Å². The Morgan fingerprint density at radius 3 is 2.47 bits per heavy atom. The van der Waals surface area contributed by atoms with E-state index in [4.69, 9.17) is 9.15 Å². The number of ether oxygens (including phenoxy) is 1. The number of halogens is 1. The van der Waals surface area contributed by atoms with Crippen LogP contribution in [0.2, 0.25) is 0 Å². The number of anilines is 1. The Morgan fingerprint density at radius 2 is 1.81 bits per heavy atom. The van der Waals surface area contributed by atoms with Gasteiger partial charge in [0.05, 0.1) is 11.5 Å². The predicted molar refractivity (Wildman–Crippen MR) is 124 cm³/mol. The summed E-state index contributed by atoms with van der Waals surface area (Å²) in [7, 11) is -3.92. The zero-order valence-corrected chi connectivity index (χ0v) is 19.6. The van der Waals surface area contributed by atoms with Crippen LogP contribution in [0, 0.1) is 0 Å². The molecule has 1 N–H and O–H groups in total. The first-order valence-corrected chi connectivity index (χ1v) is 12.1. The molecule has 0 unspecified atom stereocenters. The fraction of sp³-hybridized carbons (Fsp3) is 0.130. The quantitative estimate of drug-likeness (QED) is 0.339. The molecule has 4 rings (SSSR count). The number of aromatic nitrogens is 2. The lowest BCUT2D eigenvalue weighted by Crippen LogP contribution is -2.07. The number of oxazole rings is 1. The van der Waals surface area contributed by atoms with E-state index in [1.807, 2.05) is 19.1 Å². The summed E-state index contributed by atoms with van der Waals surface area (Å²) < 4.78 is 38.8. The largest absolute Gasteiger partial charge is 0.494 e. The molecule has 2 heterocycles. The molecule has 0 spiro atoms. The van der Waals surface area contributed by atoms with Crippen molar-refractivity contribution in [1.29, 1.82) is 0 Å². The van der Waals surface area contributed by atoms with Crippen molar-refractivity contribution >= 4 is 31.7 Å². The number of pyridine rings is 1. The molecule has 0 atom stereocenters. The molecule has 9 heteroatoms. The minimum Gasteiger partial charge on any atom is -0.494 e. The van der Waals surface area contributed by atoms with Gasteiger partial charge in [0.15, 0.2) is 0 Å². The van der Waals surface area contributed by atoms with Gasteiger partial charge in [0, 0.05) is 29.0 Å². The fourth-order valence-corrected chi connectivity index (χ4v) is 4.54. The number of rotatable bonds is 8. The molecule has 0 amide bonds. The maximum atomic E-state index is 13.4. The molecule has 2 aromatic carbocycles. The second kappa shape index (κ2) is 9.54. The molecule has 4 aromatic rings. The molecule has 0 saturated heterocycles. The number of sulfone groups is 1. The van der Waals surface area contributed by atoms with Crippen LogP contribution in [0.4, 0.5) is 5.88 Å². The number of nitrogens with one attached hydrogen (secondary N) is 1. The first-order chi connectivity index (χ1) is 15.5. The van der Waals surface area contributed by atoms with Crippen LogP contribution in [0.5, 0.6) is 5.75 Å². The van der Waals surface area contributed by atoms with E-state index in [0.717, 1.165) is 10.0 Å². The Balaban J connectivity index is 1.73. The highest BCUT2D eigenvalue weighted by Gasteiger charge is 2.28. The molecule has 0 saturated carbocycles. The second-order valence-electron chi connectivity index (χ2n) is 6.78. The average Bonchev–Trinajstić information content (AvgIpc) is 3.25. The summed E-state index contributed by atoms with van der Waals surface area (Å²) in [4.78, 5) is 8.55. The van der Waals surface area contributed by atoms with Gasteiger partial charge in [-0.2, -0.15) is 4.98 Å². The van der Waals surface area contributed by atoms with Crippen molar-refractivity contribution in [3.8, 4) is 17.2 Å². The third-order valence-electron chi connectivity index (χ3n) is 4.56. The molecular formula is C23H20BrN3O4S. The minimum atomic E-state index is -3.92. The van der Waals surface area contributed by atoms with Crippen molar-refractivity contribution in [2.45, 2.75) is 23.4 Å². The maximum absolute atomic E-state index is 13.4. The van der Waals surface area contributed by atoms with Crippen LogP contribution in [-0.2, 0) is 16.4 Å². The summed E-state index contributed by atoms with van der Waals surface area (Å²) in [6, 6.07) is 17.2. The van der Waals surface area contributed by atoms with Gasteiger partial charge in [-0.15, -0.1) is 0 Å². The van der Waals surface area contributed by atoms with Gasteiger partial charge in [0.25, 0.3) is 0 Å². The summed E-state index contributed by atoms with van der Waals surface area (Å²) in [5.41, 5.74) is 1.51. The first-order valence-electron chi connectivity index (χ1n) is 9.85. The third-order valence-corrected chi connectivity index (χ3v) is 6.77. The van der Waals surface area contributed by atoms with E-state index in [1.165, 1.54) is 12.1 Å². The van der Waals surface area contributed by atoms with E-state index in [0.29, 0.717) is 24.5 Å². The Morgan fingerprint density at radius 1 is 1.06 bits per heavy atom.